The van der Waals surface area contributed by atoms with Crippen LogP contribution in [0.4, 0.5) is 0 Å². The van der Waals surface area contributed by atoms with E-state index in [1.807, 2.05) is 37.3 Å². The lowest BCUT2D eigenvalue weighted by Gasteiger charge is -2.13. The highest BCUT2D eigenvalue weighted by atomic mass is 32.2. The van der Waals surface area contributed by atoms with Gasteiger partial charge in [0.1, 0.15) is 5.76 Å². The summed E-state index contributed by atoms with van der Waals surface area (Å²) in [7, 11) is 0. The van der Waals surface area contributed by atoms with Gasteiger partial charge < -0.3 is 9.73 Å². The predicted molar refractivity (Wildman–Crippen MR) is 104 cm³/mol. The van der Waals surface area contributed by atoms with E-state index in [-0.39, 0.29) is 11.2 Å². The van der Waals surface area contributed by atoms with Crippen molar-refractivity contribution in [1.29, 1.82) is 0 Å². The van der Waals surface area contributed by atoms with Gasteiger partial charge in [0.25, 0.3) is 5.91 Å². The maximum Gasteiger partial charge on any atom is 0.251 e. The molecule has 3 aromatic rings. The van der Waals surface area contributed by atoms with Gasteiger partial charge >= 0.3 is 0 Å². The molecule has 2 aromatic heterocycles. The SMILES string of the molecule is C[C@H](Sc1nc2ccccc2s1)C(=O)NNC(=S)NCc1ccco1. The summed E-state index contributed by atoms with van der Waals surface area (Å²) in [6, 6.07) is 11.6. The molecule has 0 spiro atoms. The largest absolute Gasteiger partial charge is 0.467 e. The van der Waals surface area contributed by atoms with Crippen LogP contribution in [0.25, 0.3) is 10.2 Å². The highest BCUT2D eigenvalue weighted by molar-refractivity contribution is 8.02. The molecule has 25 heavy (non-hydrogen) atoms. The molecule has 0 bridgehead atoms. The van der Waals surface area contributed by atoms with Gasteiger partial charge in [0.2, 0.25) is 0 Å². The van der Waals surface area contributed by atoms with Gasteiger partial charge in [-0.3, -0.25) is 15.6 Å². The number of fused-ring (bicyclic) bond motifs is 1. The van der Waals surface area contributed by atoms with E-state index in [4.69, 9.17) is 16.6 Å². The second kappa shape index (κ2) is 8.32. The maximum atomic E-state index is 12.2. The normalized spacial score (nSPS) is 11.9. The summed E-state index contributed by atoms with van der Waals surface area (Å²) >= 11 is 8.10. The Morgan fingerprint density at radius 2 is 2.16 bits per heavy atom. The van der Waals surface area contributed by atoms with E-state index in [2.05, 4.69) is 21.2 Å². The number of para-hydroxylation sites is 1. The summed E-state index contributed by atoms with van der Waals surface area (Å²) in [5.41, 5.74) is 6.23. The van der Waals surface area contributed by atoms with Crippen molar-refractivity contribution < 1.29 is 9.21 Å². The molecule has 1 aromatic carbocycles. The third kappa shape index (κ3) is 4.94. The van der Waals surface area contributed by atoms with Gasteiger partial charge in [0.15, 0.2) is 9.45 Å². The molecule has 0 aliphatic carbocycles. The van der Waals surface area contributed by atoms with Crippen molar-refractivity contribution in [2.75, 3.05) is 0 Å². The summed E-state index contributed by atoms with van der Waals surface area (Å²) < 4.78 is 7.17. The Kier molecular flexibility index (Phi) is 5.90. The zero-order valence-electron chi connectivity index (χ0n) is 13.3. The van der Waals surface area contributed by atoms with Gasteiger partial charge in [-0.2, -0.15) is 0 Å². The molecule has 0 saturated carbocycles. The lowest BCUT2D eigenvalue weighted by atomic mass is 10.3. The molecule has 2 heterocycles. The van der Waals surface area contributed by atoms with E-state index in [0.717, 1.165) is 20.3 Å². The minimum Gasteiger partial charge on any atom is -0.467 e. The Hall–Kier alpha value is -2.10. The topological polar surface area (TPSA) is 79.2 Å². The van der Waals surface area contributed by atoms with Crippen molar-refractivity contribution in [2.24, 2.45) is 0 Å². The summed E-state index contributed by atoms with van der Waals surface area (Å²) in [5.74, 6) is 0.585. The number of thiocarbonyl (C=S) groups is 1. The molecule has 0 aliphatic heterocycles. The molecule has 3 rings (SSSR count). The van der Waals surface area contributed by atoms with Gasteiger partial charge in [-0.1, -0.05) is 23.9 Å². The number of hydrazine groups is 1. The number of hydrogen-bond acceptors (Lipinski definition) is 6. The molecule has 1 atom stereocenters. The molecule has 1 amide bonds. The van der Waals surface area contributed by atoms with Crippen molar-refractivity contribution in [3.8, 4) is 0 Å². The second-order valence-corrected chi connectivity index (χ2v) is 8.11. The number of rotatable bonds is 5. The molecule has 6 nitrogen and oxygen atoms in total. The van der Waals surface area contributed by atoms with Crippen LogP contribution < -0.4 is 16.2 Å². The van der Waals surface area contributed by atoms with E-state index >= 15 is 0 Å². The van der Waals surface area contributed by atoms with Gasteiger partial charge in [-0.25, -0.2) is 4.98 Å². The van der Waals surface area contributed by atoms with Crippen molar-refractivity contribution >= 4 is 56.6 Å². The molecule has 0 saturated heterocycles. The number of thiazole rings is 1. The fourth-order valence-corrected chi connectivity index (χ4v) is 4.29. The van der Waals surface area contributed by atoms with Crippen LogP contribution in [-0.4, -0.2) is 21.3 Å². The summed E-state index contributed by atoms with van der Waals surface area (Å²) in [4.78, 5) is 16.7. The molecule has 0 unspecified atom stereocenters. The Morgan fingerprint density at radius 3 is 2.92 bits per heavy atom. The maximum absolute atomic E-state index is 12.2. The third-order valence-electron chi connectivity index (χ3n) is 3.22. The number of amides is 1. The smallest absolute Gasteiger partial charge is 0.251 e. The third-order valence-corrected chi connectivity index (χ3v) is 5.70. The monoisotopic (exact) mass is 392 g/mol. The minimum atomic E-state index is -0.305. The summed E-state index contributed by atoms with van der Waals surface area (Å²) in [5, 5.41) is 2.96. The zero-order chi connectivity index (χ0) is 17.6. The van der Waals surface area contributed by atoms with Crippen LogP contribution in [0.1, 0.15) is 12.7 Å². The zero-order valence-corrected chi connectivity index (χ0v) is 15.8. The first-order valence-corrected chi connectivity index (χ1v) is 9.60. The molecular formula is C16H16N4O2S3. The van der Waals surface area contributed by atoms with Crippen LogP contribution in [0.3, 0.4) is 0 Å². The molecular weight excluding hydrogens is 376 g/mol. The second-order valence-electron chi connectivity index (χ2n) is 5.08. The van der Waals surface area contributed by atoms with Crippen LogP contribution in [0.15, 0.2) is 51.4 Å². The molecule has 0 radical (unpaired) electrons. The summed E-state index contributed by atoms with van der Waals surface area (Å²) in [6.07, 6.45) is 1.59. The van der Waals surface area contributed by atoms with Gasteiger partial charge in [-0.15, -0.1) is 11.3 Å². The van der Waals surface area contributed by atoms with Crippen molar-refractivity contribution in [3.63, 3.8) is 0 Å². The average Bonchev–Trinajstić information content (AvgIpc) is 3.26. The quantitative estimate of drug-likeness (QED) is 0.350. The lowest BCUT2D eigenvalue weighted by Crippen LogP contribution is -2.48. The first-order chi connectivity index (χ1) is 12.1. The number of carbonyl (C=O) groups excluding carboxylic acids is 1. The Bertz CT molecular complexity index is 830. The van der Waals surface area contributed by atoms with Gasteiger partial charge in [0, 0.05) is 0 Å². The fourth-order valence-electron chi connectivity index (χ4n) is 1.95. The van der Waals surface area contributed by atoms with E-state index in [1.54, 1.807) is 23.7 Å². The molecule has 0 aliphatic rings. The van der Waals surface area contributed by atoms with E-state index in [9.17, 15) is 4.79 Å². The average molecular weight is 393 g/mol. The Balaban J connectivity index is 1.44. The molecule has 0 fully saturated rings. The first kappa shape index (κ1) is 17.7. The fraction of sp³-hybridized carbons (Fsp3) is 0.188. The van der Waals surface area contributed by atoms with Crippen molar-refractivity contribution in [1.82, 2.24) is 21.2 Å². The highest BCUT2D eigenvalue weighted by Crippen LogP contribution is 2.31. The molecule has 130 valence electrons. The number of nitrogens with one attached hydrogen (secondary N) is 3. The minimum absolute atomic E-state index is 0.175. The van der Waals surface area contributed by atoms with Crippen LogP contribution in [-0.2, 0) is 11.3 Å². The predicted octanol–water partition coefficient (Wildman–Crippen LogP) is 3.07. The van der Waals surface area contributed by atoms with E-state index in [1.165, 1.54) is 11.8 Å². The van der Waals surface area contributed by atoms with Crippen LogP contribution in [0.5, 0.6) is 0 Å². The number of furan rings is 1. The summed E-state index contributed by atoms with van der Waals surface area (Å²) in [6.45, 7) is 2.28. The molecule has 9 heteroatoms. The van der Waals surface area contributed by atoms with Crippen LogP contribution in [0.2, 0.25) is 0 Å². The standard InChI is InChI=1S/C16H16N4O2S3/c1-10(24-16-18-12-6-2-3-7-13(12)25-16)14(21)19-20-15(23)17-9-11-5-4-8-22-11/h2-8,10H,9H2,1H3,(H,19,21)(H2,17,20,23)/t10-/m0/s1. The number of carbonyl (C=O) groups is 1. The number of hydrogen-bond donors (Lipinski definition) is 3. The number of aromatic nitrogens is 1. The lowest BCUT2D eigenvalue weighted by molar-refractivity contribution is -0.120. The van der Waals surface area contributed by atoms with Gasteiger partial charge in [-0.05, 0) is 43.4 Å². The van der Waals surface area contributed by atoms with E-state index in [0.29, 0.717) is 11.7 Å². The Morgan fingerprint density at radius 1 is 1.32 bits per heavy atom. The highest BCUT2D eigenvalue weighted by Gasteiger charge is 2.17. The van der Waals surface area contributed by atoms with Crippen molar-refractivity contribution in [2.45, 2.75) is 23.1 Å². The Labute approximate surface area is 158 Å². The van der Waals surface area contributed by atoms with Crippen LogP contribution in [0, 0.1) is 0 Å². The number of benzene rings is 1. The molecule has 3 N–H and O–H groups in total. The van der Waals surface area contributed by atoms with Crippen LogP contribution >= 0.6 is 35.3 Å². The van der Waals surface area contributed by atoms with E-state index < -0.39 is 0 Å². The first-order valence-electron chi connectivity index (χ1n) is 7.50. The number of thioether (sulfide) groups is 1. The van der Waals surface area contributed by atoms with Crippen molar-refractivity contribution in [3.05, 3.63) is 48.4 Å². The van der Waals surface area contributed by atoms with Gasteiger partial charge in [0.05, 0.1) is 28.3 Å². The number of nitrogens with zero attached hydrogens (tertiary/aromatic N) is 1.